The van der Waals surface area contributed by atoms with Crippen LogP contribution in [0.3, 0.4) is 0 Å². The second kappa shape index (κ2) is 8.58. The summed E-state index contributed by atoms with van der Waals surface area (Å²) in [6.07, 6.45) is 1.66. The predicted molar refractivity (Wildman–Crippen MR) is 121 cm³/mol. The van der Waals surface area contributed by atoms with Gasteiger partial charge in [0.15, 0.2) is 0 Å². The van der Waals surface area contributed by atoms with E-state index < -0.39 is 12.3 Å². The van der Waals surface area contributed by atoms with E-state index in [1.54, 1.807) is 42.9 Å². The normalized spacial score (nSPS) is 14.6. The van der Waals surface area contributed by atoms with Crippen molar-refractivity contribution in [2.45, 2.75) is 33.0 Å². The fraction of sp³-hybridized carbons (Fsp3) is 0.280. The van der Waals surface area contributed by atoms with Crippen LogP contribution in [-0.2, 0) is 17.0 Å². The maximum Gasteiger partial charge on any atom is 0.123 e. The van der Waals surface area contributed by atoms with Crippen LogP contribution in [0.2, 0.25) is 0 Å². The highest BCUT2D eigenvalue weighted by Crippen LogP contribution is 2.36. The summed E-state index contributed by atoms with van der Waals surface area (Å²) >= 11 is 0. The summed E-state index contributed by atoms with van der Waals surface area (Å²) in [6, 6.07) is 16.5. The van der Waals surface area contributed by atoms with E-state index in [1.807, 2.05) is 42.2 Å². The smallest absolute Gasteiger partial charge is 0.123 e. The van der Waals surface area contributed by atoms with Crippen molar-refractivity contribution in [1.82, 2.24) is 9.78 Å². The Labute approximate surface area is 186 Å². The number of allylic oxidation sites excluding steroid dienone is 1. The third-order valence-corrected chi connectivity index (χ3v) is 5.64. The molecule has 32 heavy (non-hydrogen) atoms. The molecule has 0 saturated carbocycles. The number of aromatic nitrogens is 2. The fourth-order valence-corrected chi connectivity index (χ4v) is 3.88. The molecule has 1 aliphatic rings. The van der Waals surface area contributed by atoms with Crippen molar-refractivity contribution in [3.63, 3.8) is 0 Å². The number of rotatable bonds is 5. The van der Waals surface area contributed by atoms with Gasteiger partial charge in [-0.05, 0) is 62.7 Å². The second-order valence-corrected chi connectivity index (χ2v) is 8.31. The lowest BCUT2D eigenvalue weighted by atomic mass is 9.94. The van der Waals surface area contributed by atoms with Crippen LogP contribution in [0.15, 0.2) is 60.4 Å². The summed E-state index contributed by atoms with van der Waals surface area (Å²) in [7, 11) is 0. The molecule has 0 spiro atoms. The third kappa shape index (κ3) is 4.03. The van der Waals surface area contributed by atoms with Crippen LogP contribution < -0.4 is 4.90 Å². The first-order valence-electron chi connectivity index (χ1n) is 10.3. The zero-order valence-electron chi connectivity index (χ0n) is 18.3. The molecule has 4 rings (SSSR count). The maximum absolute atomic E-state index is 13.2. The Balaban J connectivity index is 1.88. The molecule has 0 atom stereocenters. The molecule has 0 radical (unpaired) electrons. The summed E-state index contributed by atoms with van der Waals surface area (Å²) in [5.41, 5.74) is 4.85. The molecule has 3 aromatic rings. The summed E-state index contributed by atoms with van der Waals surface area (Å²) in [5, 5.41) is 24.5. The molecule has 0 bridgehead atoms. The van der Waals surface area contributed by atoms with Gasteiger partial charge in [-0.2, -0.15) is 10.4 Å². The van der Waals surface area contributed by atoms with E-state index in [0.717, 1.165) is 28.3 Å². The van der Waals surface area contributed by atoms with Gasteiger partial charge in [-0.15, -0.1) is 0 Å². The van der Waals surface area contributed by atoms with Crippen molar-refractivity contribution in [3.05, 3.63) is 82.8 Å². The van der Waals surface area contributed by atoms with Crippen molar-refractivity contribution in [2.24, 2.45) is 0 Å². The summed E-state index contributed by atoms with van der Waals surface area (Å²) in [4.78, 5) is 1.99. The number of nitrogens with zero attached hydrogens (tertiary/aromatic N) is 4. The van der Waals surface area contributed by atoms with Crippen LogP contribution in [-0.4, -0.2) is 28.2 Å². The Morgan fingerprint density at radius 1 is 1.19 bits per heavy atom. The highest BCUT2D eigenvalue weighted by atomic mass is 19.1. The zero-order valence-corrected chi connectivity index (χ0v) is 18.3. The standard InChI is InChI=1S/C25H25FN4O2/c1-17-22(15-32-16-29(17)21-6-4-5-19(11-21)12-26)24-23(25(2,3)31)14-28-30(24)20-9-7-18(13-27)8-10-20/h4-11,14,31H,12,15-16H2,1-3H3. The molecule has 7 heteroatoms. The molecule has 1 aromatic heterocycles. The number of halogens is 1. The number of hydrogen-bond donors (Lipinski definition) is 1. The van der Waals surface area contributed by atoms with Crippen LogP contribution in [0.4, 0.5) is 10.1 Å². The Hall–Kier alpha value is -3.47. The van der Waals surface area contributed by atoms with Gasteiger partial charge in [-0.3, -0.25) is 0 Å². The topological polar surface area (TPSA) is 74.3 Å². The number of benzene rings is 2. The molecule has 2 aromatic carbocycles. The number of anilines is 1. The molecular formula is C25H25FN4O2. The predicted octanol–water partition coefficient (Wildman–Crippen LogP) is 4.67. The quantitative estimate of drug-likeness (QED) is 0.634. The number of aliphatic hydroxyl groups is 1. The molecule has 1 N–H and O–H groups in total. The number of ether oxygens (including phenoxy) is 1. The third-order valence-electron chi connectivity index (χ3n) is 5.64. The molecule has 6 nitrogen and oxygen atoms in total. The van der Waals surface area contributed by atoms with E-state index in [2.05, 4.69) is 11.2 Å². The van der Waals surface area contributed by atoms with Gasteiger partial charge in [0.2, 0.25) is 0 Å². The van der Waals surface area contributed by atoms with E-state index in [1.165, 1.54) is 0 Å². The number of hydrogen-bond acceptors (Lipinski definition) is 5. The first kappa shape index (κ1) is 21.8. The van der Waals surface area contributed by atoms with E-state index >= 15 is 0 Å². The van der Waals surface area contributed by atoms with Gasteiger partial charge in [0.25, 0.3) is 0 Å². The summed E-state index contributed by atoms with van der Waals surface area (Å²) in [5.74, 6) is 0. The highest BCUT2D eigenvalue weighted by Gasteiger charge is 2.30. The fourth-order valence-electron chi connectivity index (χ4n) is 3.88. The lowest BCUT2D eigenvalue weighted by molar-refractivity contribution is 0.0780. The van der Waals surface area contributed by atoms with Crippen LogP contribution in [0.1, 0.15) is 43.2 Å². The largest absolute Gasteiger partial charge is 0.386 e. The minimum absolute atomic E-state index is 0.341. The van der Waals surface area contributed by atoms with Gasteiger partial charge in [0.1, 0.15) is 13.4 Å². The average molecular weight is 432 g/mol. The molecule has 164 valence electrons. The SMILES string of the molecule is CC1=C(c2c(C(C)(C)O)cnn2-c2ccc(C#N)cc2)COCN1c1cccc(CF)c1. The van der Waals surface area contributed by atoms with Crippen molar-refractivity contribution in [2.75, 3.05) is 18.2 Å². The summed E-state index contributed by atoms with van der Waals surface area (Å²) < 4.78 is 20.9. The average Bonchev–Trinajstić information content (AvgIpc) is 3.25. The van der Waals surface area contributed by atoms with Crippen LogP contribution in [0, 0.1) is 11.3 Å². The van der Waals surface area contributed by atoms with Gasteiger partial charge in [-0.25, -0.2) is 9.07 Å². The van der Waals surface area contributed by atoms with Gasteiger partial charge in [0, 0.05) is 22.5 Å². The number of alkyl halides is 1. The molecule has 0 saturated heterocycles. The molecule has 1 aliphatic heterocycles. The van der Waals surface area contributed by atoms with E-state index in [0.29, 0.717) is 30.0 Å². The van der Waals surface area contributed by atoms with Crippen LogP contribution in [0.5, 0.6) is 0 Å². The lowest BCUT2D eigenvalue weighted by Gasteiger charge is -2.33. The van der Waals surface area contributed by atoms with Crippen molar-refractivity contribution in [3.8, 4) is 11.8 Å². The van der Waals surface area contributed by atoms with Crippen molar-refractivity contribution < 1.29 is 14.2 Å². The first-order valence-corrected chi connectivity index (χ1v) is 10.3. The lowest BCUT2D eigenvalue weighted by Crippen LogP contribution is -2.32. The summed E-state index contributed by atoms with van der Waals surface area (Å²) in [6.45, 7) is 5.58. The Bertz CT molecular complexity index is 1200. The van der Waals surface area contributed by atoms with Crippen LogP contribution >= 0.6 is 0 Å². The van der Waals surface area contributed by atoms with Gasteiger partial charge < -0.3 is 14.7 Å². The maximum atomic E-state index is 13.2. The van der Waals surface area contributed by atoms with Gasteiger partial charge >= 0.3 is 0 Å². The van der Waals surface area contributed by atoms with E-state index in [4.69, 9.17) is 10.00 Å². The molecular weight excluding hydrogens is 407 g/mol. The minimum atomic E-state index is -1.14. The Morgan fingerprint density at radius 3 is 2.59 bits per heavy atom. The second-order valence-electron chi connectivity index (χ2n) is 8.31. The molecule has 2 heterocycles. The van der Waals surface area contributed by atoms with Crippen molar-refractivity contribution >= 4 is 11.3 Å². The van der Waals surface area contributed by atoms with Crippen LogP contribution in [0.25, 0.3) is 11.3 Å². The highest BCUT2D eigenvalue weighted by molar-refractivity contribution is 5.76. The Morgan fingerprint density at radius 2 is 1.94 bits per heavy atom. The first-order chi connectivity index (χ1) is 15.3. The number of nitriles is 1. The molecule has 0 amide bonds. The van der Waals surface area contributed by atoms with E-state index in [-0.39, 0.29) is 0 Å². The van der Waals surface area contributed by atoms with E-state index in [9.17, 15) is 9.50 Å². The monoisotopic (exact) mass is 432 g/mol. The van der Waals surface area contributed by atoms with Gasteiger partial charge in [-0.1, -0.05) is 12.1 Å². The zero-order chi connectivity index (χ0) is 22.9. The van der Waals surface area contributed by atoms with Gasteiger partial charge in [0.05, 0.1) is 41.4 Å². The minimum Gasteiger partial charge on any atom is -0.386 e. The molecule has 0 aliphatic carbocycles. The van der Waals surface area contributed by atoms with Crippen molar-refractivity contribution in [1.29, 1.82) is 5.26 Å². The molecule has 0 fully saturated rings. The Kier molecular flexibility index (Phi) is 5.83. The molecule has 0 unspecified atom stereocenters.